The fourth-order valence-electron chi connectivity index (χ4n) is 2.91. The molecule has 27 heavy (non-hydrogen) atoms. The molecule has 0 bridgehead atoms. The predicted octanol–water partition coefficient (Wildman–Crippen LogP) is 0.931. The highest BCUT2D eigenvalue weighted by atomic mass is 32.2. The zero-order valence-electron chi connectivity index (χ0n) is 16.0. The fourth-order valence-corrected chi connectivity index (χ4v) is 3.84. The number of carbonyl (C=O) groups excluding carboxylic acids is 2. The van der Waals surface area contributed by atoms with Crippen LogP contribution < -0.4 is 9.04 Å². The molecule has 2 amide bonds. The second-order valence-electron chi connectivity index (χ2n) is 6.74. The second-order valence-corrected chi connectivity index (χ2v) is 8.65. The molecule has 0 aliphatic carbocycles. The van der Waals surface area contributed by atoms with Crippen LogP contribution >= 0.6 is 0 Å². The van der Waals surface area contributed by atoms with Crippen LogP contribution in [0.2, 0.25) is 0 Å². The van der Waals surface area contributed by atoms with Gasteiger partial charge in [-0.3, -0.25) is 13.9 Å². The lowest BCUT2D eigenvalue weighted by atomic mass is 10.2. The molecule has 1 aliphatic heterocycles. The number of rotatable bonds is 8. The lowest BCUT2D eigenvalue weighted by Crippen LogP contribution is -2.48. The molecule has 0 unspecified atom stereocenters. The van der Waals surface area contributed by atoms with E-state index in [0.717, 1.165) is 12.7 Å². The number of hydrogen-bond donors (Lipinski definition) is 0. The minimum absolute atomic E-state index is 0.0318. The summed E-state index contributed by atoms with van der Waals surface area (Å²) < 4.78 is 31.6. The average Bonchev–Trinajstić information content (AvgIpc) is 2.61. The Kier molecular flexibility index (Phi) is 7.06. The number of carbonyl (C=O) groups is 2. The molecule has 0 aromatic heterocycles. The highest BCUT2D eigenvalue weighted by Gasteiger charge is 2.25. The minimum atomic E-state index is -3.59. The maximum atomic E-state index is 12.5. The van der Waals surface area contributed by atoms with E-state index in [9.17, 15) is 18.0 Å². The normalized spacial score (nSPS) is 15.0. The van der Waals surface area contributed by atoms with Crippen LogP contribution in [0.15, 0.2) is 24.3 Å². The number of ether oxygens (including phenoxy) is 1. The number of benzene rings is 1. The molecule has 9 heteroatoms. The van der Waals surface area contributed by atoms with Crippen molar-refractivity contribution in [3.8, 4) is 5.75 Å². The SMILES string of the molecule is CC(C)Oc1ccccc1N(CCC(=O)N1CCN(C=O)CC1)S(C)(=O)=O. The number of nitrogens with zero attached hydrogens (tertiary/aromatic N) is 3. The topological polar surface area (TPSA) is 87.2 Å². The monoisotopic (exact) mass is 397 g/mol. The molecule has 0 atom stereocenters. The Balaban J connectivity index is 2.11. The Labute approximate surface area is 160 Å². The number of sulfonamides is 1. The molecule has 150 valence electrons. The molecule has 2 rings (SSSR count). The van der Waals surface area contributed by atoms with E-state index in [4.69, 9.17) is 4.74 Å². The van der Waals surface area contributed by atoms with Crippen LogP contribution in [0.4, 0.5) is 5.69 Å². The number of anilines is 1. The number of para-hydroxylation sites is 2. The van der Waals surface area contributed by atoms with Crippen molar-refractivity contribution in [2.24, 2.45) is 0 Å². The Morgan fingerprint density at radius 1 is 1.22 bits per heavy atom. The van der Waals surface area contributed by atoms with E-state index in [1.54, 1.807) is 34.1 Å². The molecule has 0 N–H and O–H groups in total. The van der Waals surface area contributed by atoms with Crippen LogP contribution in [0.1, 0.15) is 20.3 Å². The van der Waals surface area contributed by atoms with Crippen molar-refractivity contribution >= 4 is 28.0 Å². The molecule has 1 aliphatic rings. The molecule has 0 radical (unpaired) electrons. The van der Waals surface area contributed by atoms with Gasteiger partial charge in [0.25, 0.3) is 0 Å². The molecular weight excluding hydrogens is 370 g/mol. The van der Waals surface area contributed by atoms with Gasteiger partial charge in [-0.2, -0.15) is 0 Å². The summed E-state index contributed by atoms with van der Waals surface area (Å²) >= 11 is 0. The third kappa shape index (κ3) is 5.85. The Hall–Kier alpha value is -2.29. The smallest absolute Gasteiger partial charge is 0.232 e. The summed E-state index contributed by atoms with van der Waals surface area (Å²) in [4.78, 5) is 26.5. The summed E-state index contributed by atoms with van der Waals surface area (Å²) in [5.41, 5.74) is 0.423. The van der Waals surface area contributed by atoms with Crippen molar-refractivity contribution in [3.63, 3.8) is 0 Å². The highest BCUT2D eigenvalue weighted by molar-refractivity contribution is 7.92. The highest BCUT2D eigenvalue weighted by Crippen LogP contribution is 2.30. The van der Waals surface area contributed by atoms with Crippen LogP contribution in [0, 0.1) is 0 Å². The molecule has 1 aromatic carbocycles. The Bertz CT molecular complexity index is 758. The zero-order valence-corrected chi connectivity index (χ0v) is 16.8. The van der Waals surface area contributed by atoms with Crippen LogP contribution in [-0.2, 0) is 19.6 Å². The van der Waals surface area contributed by atoms with Crippen LogP contribution in [0.3, 0.4) is 0 Å². The summed E-state index contributed by atoms with van der Waals surface area (Å²) in [6, 6.07) is 6.90. The number of amides is 2. The van der Waals surface area contributed by atoms with Crippen LogP contribution in [-0.4, -0.2) is 75.6 Å². The zero-order chi connectivity index (χ0) is 20.0. The Morgan fingerprint density at radius 3 is 2.41 bits per heavy atom. The first-order valence-electron chi connectivity index (χ1n) is 8.93. The molecule has 1 saturated heterocycles. The fraction of sp³-hybridized carbons (Fsp3) is 0.556. The standard InChI is InChI=1S/C18H27N3O5S/c1-15(2)26-17-7-5-4-6-16(17)21(27(3,24)25)9-8-18(23)20-12-10-19(14-22)11-13-20/h4-7,14-15H,8-13H2,1-3H3. The maximum Gasteiger partial charge on any atom is 0.232 e. The van der Waals surface area contributed by atoms with E-state index in [1.807, 2.05) is 13.8 Å². The van der Waals surface area contributed by atoms with Gasteiger partial charge in [0.1, 0.15) is 5.75 Å². The first-order valence-corrected chi connectivity index (χ1v) is 10.8. The van der Waals surface area contributed by atoms with Gasteiger partial charge in [-0.15, -0.1) is 0 Å². The van der Waals surface area contributed by atoms with E-state index in [-0.39, 0.29) is 25.0 Å². The largest absolute Gasteiger partial charge is 0.489 e. The van der Waals surface area contributed by atoms with E-state index in [2.05, 4.69) is 0 Å². The van der Waals surface area contributed by atoms with Crippen molar-refractivity contribution in [1.82, 2.24) is 9.80 Å². The molecular formula is C18H27N3O5S. The first-order chi connectivity index (χ1) is 12.7. The third-order valence-electron chi connectivity index (χ3n) is 4.24. The van der Waals surface area contributed by atoms with E-state index in [1.165, 1.54) is 4.31 Å². The van der Waals surface area contributed by atoms with Gasteiger partial charge in [0.05, 0.1) is 18.0 Å². The van der Waals surface area contributed by atoms with Crippen molar-refractivity contribution in [3.05, 3.63) is 24.3 Å². The van der Waals surface area contributed by atoms with Gasteiger partial charge in [0, 0.05) is 39.1 Å². The summed E-state index contributed by atoms with van der Waals surface area (Å²) in [6.07, 6.45) is 1.85. The summed E-state index contributed by atoms with van der Waals surface area (Å²) in [6.45, 7) is 5.68. The van der Waals surface area contributed by atoms with E-state index >= 15 is 0 Å². The van der Waals surface area contributed by atoms with Gasteiger partial charge in [-0.05, 0) is 26.0 Å². The van der Waals surface area contributed by atoms with Crippen molar-refractivity contribution in [2.75, 3.05) is 43.3 Å². The summed E-state index contributed by atoms with van der Waals surface area (Å²) in [5.74, 6) is 0.335. The predicted molar refractivity (Wildman–Crippen MR) is 103 cm³/mol. The molecule has 8 nitrogen and oxygen atoms in total. The van der Waals surface area contributed by atoms with E-state index < -0.39 is 10.0 Å². The lowest BCUT2D eigenvalue weighted by Gasteiger charge is -2.33. The van der Waals surface area contributed by atoms with Crippen LogP contribution in [0.25, 0.3) is 0 Å². The number of hydrogen-bond acceptors (Lipinski definition) is 5. The van der Waals surface area contributed by atoms with Crippen LogP contribution in [0.5, 0.6) is 5.75 Å². The molecule has 1 aromatic rings. The van der Waals surface area contributed by atoms with Gasteiger partial charge >= 0.3 is 0 Å². The molecule has 1 heterocycles. The average molecular weight is 397 g/mol. The van der Waals surface area contributed by atoms with Crippen molar-refractivity contribution in [1.29, 1.82) is 0 Å². The minimum Gasteiger partial charge on any atom is -0.489 e. The number of piperazine rings is 1. The first kappa shape index (κ1) is 21.0. The third-order valence-corrected chi connectivity index (χ3v) is 5.42. The van der Waals surface area contributed by atoms with Gasteiger partial charge < -0.3 is 14.5 Å². The van der Waals surface area contributed by atoms with Gasteiger partial charge in [-0.1, -0.05) is 12.1 Å². The molecule has 0 spiro atoms. The summed E-state index contributed by atoms with van der Waals surface area (Å²) in [5, 5.41) is 0. The molecule has 0 saturated carbocycles. The van der Waals surface area contributed by atoms with E-state index in [0.29, 0.717) is 37.6 Å². The van der Waals surface area contributed by atoms with Gasteiger partial charge in [-0.25, -0.2) is 8.42 Å². The Morgan fingerprint density at radius 2 is 1.85 bits per heavy atom. The molecule has 1 fully saturated rings. The summed E-state index contributed by atoms with van der Waals surface area (Å²) in [7, 11) is -3.59. The van der Waals surface area contributed by atoms with Gasteiger partial charge in [0.15, 0.2) is 0 Å². The maximum absolute atomic E-state index is 12.5. The van der Waals surface area contributed by atoms with Crippen molar-refractivity contribution in [2.45, 2.75) is 26.4 Å². The lowest BCUT2D eigenvalue weighted by molar-refractivity contribution is -0.134. The second kappa shape index (κ2) is 9.07. The quantitative estimate of drug-likeness (QED) is 0.609. The van der Waals surface area contributed by atoms with Crippen molar-refractivity contribution < 1.29 is 22.7 Å². The van der Waals surface area contributed by atoms with Gasteiger partial charge in [0.2, 0.25) is 22.3 Å².